The molecule has 0 radical (unpaired) electrons. The summed E-state index contributed by atoms with van der Waals surface area (Å²) in [6, 6.07) is 0. The largest absolute Gasteiger partial charge is 0.573 e. The van der Waals surface area contributed by atoms with Crippen molar-refractivity contribution in [2.24, 2.45) is 5.73 Å². The predicted molar refractivity (Wildman–Crippen MR) is 43.2 cm³/mol. The number of halogens is 4. The van der Waals surface area contributed by atoms with Crippen molar-refractivity contribution in [1.29, 1.82) is 0 Å². The van der Waals surface area contributed by atoms with Crippen LogP contribution in [0.4, 0.5) is 23.2 Å². The first kappa shape index (κ1) is 11.5. The van der Waals surface area contributed by atoms with Gasteiger partial charge in [-0.25, -0.2) is 4.39 Å². The third-order valence-corrected chi connectivity index (χ3v) is 1.52. The average molecular weight is 225 g/mol. The van der Waals surface area contributed by atoms with Gasteiger partial charge in [-0.15, -0.1) is 13.2 Å². The molecule has 0 atom stereocenters. The zero-order valence-electron chi connectivity index (χ0n) is 7.31. The first-order valence-corrected chi connectivity index (χ1v) is 3.74. The van der Waals surface area contributed by atoms with Crippen LogP contribution >= 0.6 is 0 Å². The molecule has 1 heterocycles. The molecule has 1 rings (SSSR count). The zero-order chi connectivity index (χ0) is 11.6. The number of hydrogen-bond acceptors (Lipinski definition) is 4. The van der Waals surface area contributed by atoms with Crippen molar-refractivity contribution >= 4 is 5.69 Å². The van der Waals surface area contributed by atoms with E-state index in [9.17, 15) is 17.6 Å². The minimum Gasteiger partial charge on any atom is -0.401 e. The molecule has 1 aromatic rings. The van der Waals surface area contributed by atoms with Gasteiger partial charge in [-0.2, -0.15) is 0 Å². The van der Waals surface area contributed by atoms with E-state index < -0.39 is 23.6 Å². The predicted octanol–water partition coefficient (Wildman–Crippen LogP) is 1.16. The molecule has 4 N–H and O–H groups in total. The van der Waals surface area contributed by atoms with E-state index in [0.717, 1.165) is 0 Å². The molecule has 0 fully saturated rings. The lowest BCUT2D eigenvalue weighted by Gasteiger charge is -2.11. The van der Waals surface area contributed by atoms with Gasteiger partial charge in [0.25, 0.3) is 0 Å². The van der Waals surface area contributed by atoms with Crippen molar-refractivity contribution in [2.75, 3.05) is 5.73 Å². The van der Waals surface area contributed by atoms with Crippen LogP contribution < -0.4 is 16.2 Å². The molecular weight excluding hydrogens is 218 g/mol. The summed E-state index contributed by atoms with van der Waals surface area (Å²) in [5.41, 5.74) is 9.70. The van der Waals surface area contributed by atoms with Crippen LogP contribution in [0.25, 0.3) is 0 Å². The van der Waals surface area contributed by atoms with E-state index in [1.807, 2.05) is 0 Å². The van der Waals surface area contributed by atoms with E-state index in [2.05, 4.69) is 9.72 Å². The summed E-state index contributed by atoms with van der Waals surface area (Å²) in [4.78, 5) is 3.43. The molecule has 0 saturated carbocycles. The molecule has 0 amide bonds. The maximum atomic E-state index is 13.1. The van der Waals surface area contributed by atoms with Crippen molar-refractivity contribution in [2.45, 2.75) is 12.9 Å². The topological polar surface area (TPSA) is 74.2 Å². The molecule has 0 aliphatic heterocycles. The Kier molecular flexibility index (Phi) is 2.98. The number of rotatable bonds is 2. The highest BCUT2D eigenvalue weighted by Gasteiger charge is 2.33. The third-order valence-electron chi connectivity index (χ3n) is 1.52. The van der Waals surface area contributed by atoms with E-state index in [1.54, 1.807) is 0 Å². The zero-order valence-corrected chi connectivity index (χ0v) is 7.31. The molecule has 0 aliphatic carbocycles. The van der Waals surface area contributed by atoms with Gasteiger partial charge >= 0.3 is 6.36 Å². The number of nitrogens with zero attached hydrogens (tertiary/aromatic N) is 1. The SMILES string of the molecule is NCc1ncc(OC(F)(F)F)c(F)c1N. The highest BCUT2D eigenvalue weighted by atomic mass is 19.4. The van der Waals surface area contributed by atoms with Crippen LogP contribution in [0.5, 0.6) is 5.75 Å². The van der Waals surface area contributed by atoms with Gasteiger partial charge in [0, 0.05) is 6.54 Å². The number of nitrogens with two attached hydrogens (primary N) is 2. The summed E-state index contributed by atoms with van der Waals surface area (Å²) in [5, 5.41) is 0. The summed E-state index contributed by atoms with van der Waals surface area (Å²) < 4.78 is 51.7. The Morgan fingerprint density at radius 2 is 2.00 bits per heavy atom. The van der Waals surface area contributed by atoms with Gasteiger partial charge in [-0.3, -0.25) is 4.98 Å². The Bertz CT molecular complexity index is 366. The molecule has 0 aromatic carbocycles. The molecular formula is C7H7F4N3O. The molecule has 0 saturated heterocycles. The van der Waals surface area contributed by atoms with Crippen LogP contribution in [0.1, 0.15) is 5.69 Å². The fourth-order valence-corrected chi connectivity index (χ4v) is 0.881. The monoisotopic (exact) mass is 225 g/mol. The number of hydrogen-bond donors (Lipinski definition) is 2. The van der Waals surface area contributed by atoms with Gasteiger partial charge in [0.2, 0.25) is 0 Å². The lowest BCUT2D eigenvalue weighted by molar-refractivity contribution is -0.275. The fourth-order valence-electron chi connectivity index (χ4n) is 0.881. The van der Waals surface area contributed by atoms with Crippen LogP contribution in [-0.4, -0.2) is 11.3 Å². The first-order valence-electron chi connectivity index (χ1n) is 3.74. The minimum absolute atomic E-state index is 0.0259. The highest BCUT2D eigenvalue weighted by Crippen LogP contribution is 2.28. The maximum Gasteiger partial charge on any atom is 0.573 e. The molecule has 15 heavy (non-hydrogen) atoms. The molecule has 0 unspecified atom stereocenters. The lowest BCUT2D eigenvalue weighted by Crippen LogP contribution is -2.19. The quantitative estimate of drug-likeness (QED) is 0.740. The molecule has 1 aromatic heterocycles. The second-order valence-corrected chi connectivity index (χ2v) is 2.55. The van der Waals surface area contributed by atoms with Crippen LogP contribution in [0, 0.1) is 5.82 Å². The summed E-state index contributed by atoms with van der Waals surface area (Å²) in [5.74, 6) is -2.39. The van der Waals surface area contributed by atoms with Crippen molar-refractivity contribution < 1.29 is 22.3 Å². The lowest BCUT2D eigenvalue weighted by atomic mass is 10.3. The first-order chi connectivity index (χ1) is 6.85. The molecule has 0 aliphatic rings. The number of nitrogen functional groups attached to an aromatic ring is 1. The van der Waals surface area contributed by atoms with E-state index in [1.165, 1.54) is 0 Å². The molecule has 4 nitrogen and oxygen atoms in total. The Labute approximate surface area is 81.8 Å². The molecule has 84 valence electrons. The van der Waals surface area contributed by atoms with Crippen LogP contribution in [0.2, 0.25) is 0 Å². The Hall–Kier alpha value is -1.57. The normalized spacial score (nSPS) is 11.5. The van der Waals surface area contributed by atoms with E-state index in [-0.39, 0.29) is 12.2 Å². The van der Waals surface area contributed by atoms with Gasteiger partial charge in [0.1, 0.15) is 0 Å². The smallest absolute Gasteiger partial charge is 0.401 e. The van der Waals surface area contributed by atoms with Gasteiger partial charge in [-0.05, 0) is 0 Å². The van der Waals surface area contributed by atoms with E-state index >= 15 is 0 Å². The van der Waals surface area contributed by atoms with Gasteiger partial charge < -0.3 is 16.2 Å². The van der Waals surface area contributed by atoms with Gasteiger partial charge in [-0.1, -0.05) is 0 Å². The number of ether oxygens (including phenoxy) is 1. The van der Waals surface area contributed by atoms with Crippen LogP contribution in [0.15, 0.2) is 6.20 Å². The van der Waals surface area contributed by atoms with Crippen molar-refractivity contribution in [1.82, 2.24) is 4.98 Å². The van der Waals surface area contributed by atoms with Crippen molar-refractivity contribution in [3.05, 3.63) is 17.7 Å². The summed E-state index contributed by atoms with van der Waals surface area (Å²) in [6.45, 7) is -0.172. The number of alkyl halides is 3. The third kappa shape index (κ3) is 2.69. The highest BCUT2D eigenvalue weighted by molar-refractivity contribution is 5.49. The van der Waals surface area contributed by atoms with Gasteiger partial charge in [0.15, 0.2) is 11.6 Å². The summed E-state index contributed by atoms with van der Waals surface area (Å²) >= 11 is 0. The summed E-state index contributed by atoms with van der Waals surface area (Å²) in [7, 11) is 0. The van der Waals surface area contributed by atoms with Crippen LogP contribution in [-0.2, 0) is 6.54 Å². The number of anilines is 1. The Morgan fingerprint density at radius 1 is 1.40 bits per heavy atom. The molecule has 0 spiro atoms. The summed E-state index contributed by atoms with van der Waals surface area (Å²) in [6.07, 6.45) is -4.40. The fraction of sp³-hybridized carbons (Fsp3) is 0.286. The van der Waals surface area contributed by atoms with Crippen LogP contribution in [0.3, 0.4) is 0 Å². The Balaban J connectivity index is 3.07. The van der Waals surface area contributed by atoms with Gasteiger partial charge in [0.05, 0.1) is 17.6 Å². The molecule has 8 heteroatoms. The average Bonchev–Trinajstić information content (AvgIpc) is 2.11. The second-order valence-electron chi connectivity index (χ2n) is 2.55. The van der Waals surface area contributed by atoms with Crippen molar-refractivity contribution in [3.63, 3.8) is 0 Å². The minimum atomic E-state index is -4.99. The maximum absolute atomic E-state index is 13.1. The Morgan fingerprint density at radius 3 is 2.47 bits per heavy atom. The standard InChI is InChI=1S/C7H7F4N3O/c8-5-4(15-7(9,10)11)2-14-3(1-12)6(5)13/h2H,1,12-13H2. The number of aromatic nitrogens is 1. The van der Waals surface area contributed by atoms with E-state index in [4.69, 9.17) is 11.5 Å². The molecule has 0 bridgehead atoms. The second kappa shape index (κ2) is 3.89. The van der Waals surface area contributed by atoms with Crippen molar-refractivity contribution in [3.8, 4) is 5.75 Å². The number of pyridine rings is 1. The van der Waals surface area contributed by atoms with E-state index in [0.29, 0.717) is 6.20 Å².